The van der Waals surface area contributed by atoms with Crippen molar-refractivity contribution in [2.75, 3.05) is 19.6 Å². The second-order valence-corrected chi connectivity index (χ2v) is 5.23. The normalized spacial score (nSPS) is 30.4. The smallest absolute Gasteiger partial charge is 0.233 e. The molecule has 4 nitrogen and oxygen atoms in total. The van der Waals surface area contributed by atoms with Crippen LogP contribution in [0.4, 0.5) is 0 Å². The molecule has 3 atom stereocenters. The lowest BCUT2D eigenvalue weighted by Gasteiger charge is -2.42. The molecule has 2 fully saturated rings. The first-order valence-electron chi connectivity index (χ1n) is 6.19. The number of fused-ring (bicyclic) bond motifs is 2. The van der Waals surface area contributed by atoms with Gasteiger partial charge >= 0.3 is 0 Å². The molecule has 0 radical (unpaired) electrons. The predicted molar refractivity (Wildman–Crippen MR) is 72.0 cm³/mol. The average Bonchev–Trinajstić information content (AvgIpc) is 2.36. The summed E-state index contributed by atoms with van der Waals surface area (Å²) in [5.74, 6) is 1.24. The molecule has 5 heteroatoms. The zero-order chi connectivity index (χ0) is 11.7. The van der Waals surface area contributed by atoms with Crippen LogP contribution in [0.15, 0.2) is 12.1 Å². The van der Waals surface area contributed by atoms with Gasteiger partial charge in [-0.05, 0) is 31.9 Å². The van der Waals surface area contributed by atoms with Crippen LogP contribution in [-0.4, -0.2) is 40.8 Å². The summed E-state index contributed by atoms with van der Waals surface area (Å²) >= 11 is 5.70. The van der Waals surface area contributed by atoms with E-state index in [4.69, 9.17) is 16.3 Å². The van der Waals surface area contributed by atoms with Crippen molar-refractivity contribution >= 4 is 11.6 Å². The lowest BCUT2D eigenvalue weighted by atomic mass is 9.87. The molecular formula is C13H20ClN3O. The highest BCUT2D eigenvalue weighted by atomic mass is 35.5. The van der Waals surface area contributed by atoms with Gasteiger partial charge in [0.2, 0.25) is 5.88 Å². The van der Waals surface area contributed by atoms with Crippen molar-refractivity contribution in [3.63, 3.8) is 0 Å². The molecule has 3 rings (SSSR count). The second-order valence-electron chi connectivity index (χ2n) is 4.84. The molecule has 0 saturated carbocycles. The highest BCUT2D eigenvalue weighted by molar-refractivity contribution is 6.29. The fourth-order valence-electron chi connectivity index (χ4n) is 2.82. The van der Waals surface area contributed by atoms with Gasteiger partial charge in [-0.15, -0.1) is 10.2 Å². The third-order valence-corrected chi connectivity index (χ3v) is 3.88. The number of rotatable bonds is 2. The minimum Gasteiger partial charge on any atom is -0.473 e. The Hall–Kier alpha value is -0.870. The summed E-state index contributed by atoms with van der Waals surface area (Å²) in [7, 11) is 0. The highest BCUT2D eigenvalue weighted by Crippen LogP contribution is 2.29. The number of piperidine rings is 2. The second kappa shape index (κ2) is 5.85. The molecule has 2 bridgehead atoms. The summed E-state index contributed by atoms with van der Waals surface area (Å²) in [5, 5.41) is 8.17. The number of hydrogen-bond acceptors (Lipinski definition) is 4. The van der Waals surface area contributed by atoms with E-state index in [1.54, 1.807) is 12.1 Å². The molecule has 1 aromatic heterocycles. The zero-order valence-electron chi connectivity index (χ0n) is 9.68. The average molecular weight is 270 g/mol. The van der Waals surface area contributed by atoms with Crippen LogP contribution in [0.3, 0.4) is 0 Å². The van der Waals surface area contributed by atoms with E-state index in [0.29, 0.717) is 23.1 Å². The highest BCUT2D eigenvalue weighted by Gasteiger charge is 2.33. The van der Waals surface area contributed by atoms with Crippen molar-refractivity contribution in [2.45, 2.75) is 32.8 Å². The minimum absolute atomic E-state index is 0. The summed E-state index contributed by atoms with van der Waals surface area (Å²) < 4.78 is 5.94. The molecule has 0 aliphatic carbocycles. The predicted octanol–water partition coefficient (Wildman–Crippen LogP) is 2.63. The van der Waals surface area contributed by atoms with Gasteiger partial charge in [0.05, 0.1) is 0 Å². The van der Waals surface area contributed by atoms with Gasteiger partial charge in [-0.1, -0.05) is 19.0 Å². The van der Waals surface area contributed by atoms with Gasteiger partial charge in [-0.3, -0.25) is 0 Å². The number of hydrogen-bond donors (Lipinski definition) is 0. The maximum atomic E-state index is 5.94. The van der Waals surface area contributed by atoms with E-state index in [9.17, 15) is 0 Å². The molecule has 1 aromatic rings. The summed E-state index contributed by atoms with van der Waals surface area (Å²) in [6.07, 6.45) is 3.94. The Morgan fingerprint density at radius 2 is 2.11 bits per heavy atom. The van der Waals surface area contributed by atoms with E-state index in [-0.39, 0.29) is 7.43 Å². The molecule has 2 aliphatic rings. The Labute approximate surface area is 113 Å². The van der Waals surface area contributed by atoms with E-state index in [0.717, 1.165) is 13.0 Å². The van der Waals surface area contributed by atoms with E-state index >= 15 is 0 Å². The molecule has 2 aliphatic heterocycles. The van der Waals surface area contributed by atoms with Crippen molar-refractivity contribution in [1.29, 1.82) is 0 Å². The van der Waals surface area contributed by atoms with E-state index < -0.39 is 0 Å². The van der Waals surface area contributed by atoms with Gasteiger partial charge in [0, 0.05) is 25.1 Å². The molecular weight excluding hydrogens is 250 g/mol. The Bertz CT molecular complexity index is 384. The van der Waals surface area contributed by atoms with E-state index in [1.165, 1.54) is 25.9 Å². The van der Waals surface area contributed by atoms with E-state index in [2.05, 4.69) is 15.1 Å². The van der Waals surface area contributed by atoms with Gasteiger partial charge in [-0.25, -0.2) is 0 Å². The van der Waals surface area contributed by atoms with Crippen LogP contribution < -0.4 is 4.74 Å². The topological polar surface area (TPSA) is 38.2 Å². The molecule has 18 heavy (non-hydrogen) atoms. The first-order valence-corrected chi connectivity index (χ1v) is 6.57. The minimum atomic E-state index is 0. The Morgan fingerprint density at radius 1 is 1.22 bits per heavy atom. The number of nitrogens with zero attached hydrogens (tertiary/aromatic N) is 3. The Balaban J connectivity index is 0.00000120. The fraction of sp³-hybridized carbons (Fsp3) is 0.692. The SMILES string of the molecule is C.Clc1ccc(O[C@H]2CCN3CCCC2C3)nn1. The first kappa shape index (κ1) is 13.6. The largest absolute Gasteiger partial charge is 0.473 e. The Morgan fingerprint density at radius 3 is 2.89 bits per heavy atom. The first-order chi connectivity index (χ1) is 8.31. The van der Waals surface area contributed by atoms with Crippen LogP contribution in [0, 0.1) is 5.92 Å². The molecule has 0 aromatic carbocycles. The monoisotopic (exact) mass is 269 g/mol. The molecule has 0 N–H and O–H groups in total. The third kappa shape index (κ3) is 2.93. The summed E-state index contributed by atoms with van der Waals surface area (Å²) in [5.41, 5.74) is 0. The quantitative estimate of drug-likeness (QED) is 0.827. The van der Waals surface area contributed by atoms with Crippen LogP contribution >= 0.6 is 11.6 Å². The molecule has 100 valence electrons. The fourth-order valence-corrected chi connectivity index (χ4v) is 2.92. The standard InChI is InChI=1S/C12H16ClN3O.CH4/c13-11-3-4-12(15-14-11)17-10-5-7-16-6-1-2-9(10)8-16;/h3-4,9-10H,1-2,5-8H2;1H4/t9?,10-;/m0./s1. The lowest BCUT2D eigenvalue weighted by Crippen LogP contribution is -2.49. The van der Waals surface area contributed by atoms with Crippen LogP contribution in [-0.2, 0) is 0 Å². The summed E-state index contributed by atoms with van der Waals surface area (Å²) in [6, 6.07) is 3.52. The summed E-state index contributed by atoms with van der Waals surface area (Å²) in [6.45, 7) is 3.57. The molecule has 0 spiro atoms. The maximum absolute atomic E-state index is 5.94. The van der Waals surface area contributed by atoms with Crippen molar-refractivity contribution < 1.29 is 4.74 Å². The van der Waals surface area contributed by atoms with Crippen molar-refractivity contribution in [2.24, 2.45) is 5.92 Å². The number of aromatic nitrogens is 2. The van der Waals surface area contributed by atoms with Crippen LogP contribution in [0.25, 0.3) is 0 Å². The van der Waals surface area contributed by atoms with Gasteiger partial charge in [0.15, 0.2) is 5.15 Å². The van der Waals surface area contributed by atoms with E-state index in [1.807, 2.05) is 0 Å². The lowest BCUT2D eigenvalue weighted by molar-refractivity contribution is 0.0123. The van der Waals surface area contributed by atoms with Gasteiger partial charge in [0.25, 0.3) is 0 Å². The van der Waals surface area contributed by atoms with Crippen molar-refractivity contribution in [1.82, 2.24) is 15.1 Å². The van der Waals surface area contributed by atoms with Crippen LogP contribution in [0.5, 0.6) is 5.88 Å². The van der Waals surface area contributed by atoms with Gasteiger partial charge < -0.3 is 9.64 Å². The molecule has 2 unspecified atom stereocenters. The molecule has 2 saturated heterocycles. The molecule has 3 heterocycles. The van der Waals surface area contributed by atoms with Crippen molar-refractivity contribution in [3.05, 3.63) is 17.3 Å². The molecule has 0 amide bonds. The van der Waals surface area contributed by atoms with Crippen molar-refractivity contribution in [3.8, 4) is 5.88 Å². The van der Waals surface area contributed by atoms with Gasteiger partial charge in [-0.2, -0.15) is 0 Å². The van der Waals surface area contributed by atoms with Crippen LogP contribution in [0.1, 0.15) is 26.7 Å². The number of halogens is 1. The van der Waals surface area contributed by atoms with Gasteiger partial charge in [0.1, 0.15) is 6.10 Å². The number of ether oxygens (including phenoxy) is 1. The third-order valence-electron chi connectivity index (χ3n) is 3.68. The maximum Gasteiger partial charge on any atom is 0.233 e. The summed E-state index contributed by atoms with van der Waals surface area (Å²) in [4.78, 5) is 2.53. The Kier molecular flexibility index (Phi) is 4.40. The zero-order valence-corrected chi connectivity index (χ0v) is 10.4. The van der Waals surface area contributed by atoms with Crippen LogP contribution in [0.2, 0.25) is 5.15 Å².